The van der Waals surface area contributed by atoms with Gasteiger partial charge in [0.2, 0.25) is 15.9 Å². The van der Waals surface area contributed by atoms with Crippen molar-refractivity contribution in [1.29, 1.82) is 0 Å². The van der Waals surface area contributed by atoms with Crippen molar-refractivity contribution in [3.05, 3.63) is 58.3 Å². The van der Waals surface area contributed by atoms with E-state index in [0.29, 0.717) is 0 Å². The minimum absolute atomic E-state index is 0.0164. The molecule has 0 aliphatic carbocycles. The van der Waals surface area contributed by atoms with Crippen LogP contribution in [0.25, 0.3) is 0 Å². The Kier molecular flexibility index (Phi) is 7.56. The van der Waals surface area contributed by atoms with Gasteiger partial charge in [0.15, 0.2) is 0 Å². The highest BCUT2D eigenvalue weighted by Gasteiger charge is 2.29. The number of amides is 1. The molecule has 2 rings (SSSR count). The van der Waals surface area contributed by atoms with Crippen molar-refractivity contribution < 1.29 is 22.3 Å². The molecule has 0 aliphatic heterocycles. The van der Waals surface area contributed by atoms with Gasteiger partial charge in [-0.1, -0.05) is 35.0 Å². The number of carbonyl (C=O) groups excluding carboxylic acids is 1. The number of likely N-dealkylation sites (N-methyl/N-ethyl adjacent to an activating group) is 1. The fourth-order valence-corrected chi connectivity index (χ4v) is 4.65. The van der Waals surface area contributed by atoms with Gasteiger partial charge in [-0.15, -0.1) is 0 Å². The molecular formula is C19H22BrFN2O4S. The number of hydrogen-bond acceptors (Lipinski definition) is 4. The third-order valence-electron chi connectivity index (χ3n) is 4.14. The summed E-state index contributed by atoms with van der Waals surface area (Å²) in [6, 6.07) is 10.4. The normalized spacial score (nSPS) is 12.6. The lowest BCUT2D eigenvalue weighted by molar-refractivity contribution is -0.121. The van der Waals surface area contributed by atoms with Crippen LogP contribution in [0.4, 0.5) is 4.39 Å². The van der Waals surface area contributed by atoms with E-state index in [1.165, 1.54) is 13.2 Å². The number of ether oxygens (including phenoxy) is 1. The summed E-state index contributed by atoms with van der Waals surface area (Å²) in [5.74, 6) is -1.15. The van der Waals surface area contributed by atoms with Crippen LogP contribution < -0.4 is 10.1 Å². The van der Waals surface area contributed by atoms with E-state index in [2.05, 4.69) is 21.2 Å². The first-order valence-electron chi connectivity index (χ1n) is 8.57. The molecule has 0 saturated heterocycles. The standard InChI is InChI=1S/C19H22BrFN2O4S/c1-4-23(28(25,26)18-11-16(21)8-9-17(18)27-3)12-19(24)22-13(2)14-6-5-7-15(20)10-14/h5-11,13H,4,12H2,1-3H3,(H,22,24)/t13-/m0/s1. The highest BCUT2D eigenvalue weighted by atomic mass is 79.9. The molecule has 2 aromatic carbocycles. The smallest absolute Gasteiger partial charge is 0.247 e. The van der Waals surface area contributed by atoms with Gasteiger partial charge >= 0.3 is 0 Å². The van der Waals surface area contributed by atoms with E-state index in [9.17, 15) is 17.6 Å². The van der Waals surface area contributed by atoms with Crippen LogP contribution in [0.3, 0.4) is 0 Å². The van der Waals surface area contributed by atoms with Crippen LogP contribution >= 0.6 is 15.9 Å². The summed E-state index contributed by atoms with van der Waals surface area (Å²) in [7, 11) is -2.82. The molecule has 9 heteroatoms. The average Bonchev–Trinajstić information content (AvgIpc) is 2.65. The molecule has 0 aliphatic rings. The largest absolute Gasteiger partial charge is 0.495 e. The lowest BCUT2D eigenvalue weighted by Crippen LogP contribution is -2.41. The van der Waals surface area contributed by atoms with E-state index in [-0.39, 0.29) is 23.2 Å². The van der Waals surface area contributed by atoms with Crippen LogP contribution in [0.2, 0.25) is 0 Å². The van der Waals surface area contributed by atoms with Crippen molar-refractivity contribution in [2.75, 3.05) is 20.2 Å². The van der Waals surface area contributed by atoms with Crippen LogP contribution in [0.1, 0.15) is 25.5 Å². The first-order chi connectivity index (χ1) is 13.2. The number of hydrogen-bond donors (Lipinski definition) is 1. The third kappa shape index (κ3) is 5.30. The van der Waals surface area contributed by atoms with E-state index in [1.807, 2.05) is 24.3 Å². The Morgan fingerprint density at radius 3 is 2.61 bits per heavy atom. The van der Waals surface area contributed by atoms with Crippen molar-refractivity contribution >= 4 is 31.9 Å². The Hall–Kier alpha value is -1.97. The topological polar surface area (TPSA) is 75.7 Å². The Balaban J connectivity index is 2.18. The van der Waals surface area contributed by atoms with Crippen LogP contribution in [0, 0.1) is 5.82 Å². The highest BCUT2D eigenvalue weighted by Crippen LogP contribution is 2.27. The van der Waals surface area contributed by atoms with Crippen molar-refractivity contribution in [1.82, 2.24) is 9.62 Å². The van der Waals surface area contributed by atoms with Gasteiger partial charge in [-0.25, -0.2) is 12.8 Å². The summed E-state index contributed by atoms with van der Waals surface area (Å²) in [6.45, 7) is 3.06. The number of methoxy groups -OCH3 is 1. The monoisotopic (exact) mass is 472 g/mol. The van der Waals surface area contributed by atoms with Gasteiger partial charge in [-0.2, -0.15) is 4.31 Å². The van der Waals surface area contributed by atoms with E-state index in [4.69, 9.17) is 4.74 Å². The summed E-state index contributed by atoms with van der Waals surface area (Å²) in [4.78, 5) is 12.1. The number of nitrogens with one attached hydrogen (secondary N) is 1. The van der Waals surface area contributed by atoms with Crippen molar-refractivity contribution in [3.8, 4) is 5.75 Å². The number of sulfonamides is 1. The van der Waals surface area contributed by atoms with Gasteiger partial charge in [0.05, 0.1) is 19.7 Å². The molecule has 0 fully saturated rings. The lowest BCUT2D eigenvalue weighted by atomic mass is 10.1. The second-order valence-corrected chi connectivity index (χ2v) is 8.89. The third-order valence-corrected chi connectivity index (χ3v) is 6.58. The second kappa shape index (κ2) is 9.49. The van der Waals surface area contributed by atoms with Crippen molar-refractivity contribution in [3.63, 3.8) is 0 Å². The summed E-state index contributed by atoms with van der Waals surface area (Å²) < 4.78 is 46.4. The lowest BCUT2D eigenvalue weighted by Gasteiger charge is -2.22. The molecular weight excluding hydrogens is 451 g/mol. The molecule has 152 valence electrons. The van der Waals surface area contributed by atoms with Gasteiger partial charge < -0.3 is 10.1 Å². The minimum atomic E-state index is -4.12. The van der Waals surface area contributed by atoms with Gasteiger partial charge in [0.1, 0.15) is 16.5 Å². The molecule has 6 nitrogen and oxygen atoms in total. The molecule has 2 aromatic rings. The Morgan fingerprint density at radius 2 is 2.00 bits per heavy atom. The van der Waals surface area contributed by atoms with Gasteiger partial charge in [0.25, 0.3) is 0 Å². The second-order valence-electron chi connectivity index (χ2n) is 6.07. The average molecular weight is 473 g/mol. The van der Waals surface area contributed by atoms with Crippen molar-refractivity contribution in [2.45, 2.75) is 24.8 Å². The molecule has 0 radical (unpaired) electrons. The molecule has 0 spiro atoms. The molecule has 0 heterocycles. The summed E-state index contributed by atoms with van der Waals surface area (Å²) in [6.07, 6.45) is 0. The summed E-state index contributed by atoms with van der Waals surface area (Å²) in [5.41, 5.74) is 0.875. The first-order valence-corrected chi connectivity index (χ1v) is 10.8. The van der Waals surface area contributed by atoms with Crippen LogP contribution in [0.15, 0.2) is 51.8 Å². The molecule has 0 bridgehead atoms. The van der Waals surface area contributed by atoms with Crippen LogP contribution in [-0.4, -0.2) is 38.8 Å². The molecule has 0 unspecified atom stereocenters. The molecule has 1 N–H and O–H groups in total. The van der Waals surface area contributed by atoms with Crippen molar-refractivity contribution in [2.24, 2.45) is 0 Å². The molecule has 1 atom stereocenters. The molecule has 1 amide bonds. The number of halogens is 2. The van der Waals surface area contributed by atoms with E-state index in [1.54, 1.807) is 13.8 Å². The number of nitrogens with zero attached hydrogens (tertiary/aromatic N) is 1. The maximum atomic E-state index is 13.6. The quantitative estimate of drug-likeness (QED) is 0.637. The van der Waals surface area contributed by atoms with Crippen LogP contribution in [-0.2, 0) is 14.8 Å². The van der Waals surface area contributed by atoms with Gasteiger partial charge in [-0.3, -0.25) is 4.79 Å². The van der Waals surface area contributed by atoms with Gasteiger partial charge in [0, 0.05) is 11.0 Å². The summed E-state index contributed by atoms with van der Waals surface area (Å²) in [5, 5.41) is 2.78. The summed E-state index contributed by atoms with van der Waals surface area (Å²) >= 11 is 3.38. The zero-order valence-electron chi connectivity index (χ0n) is 15.8. The maximum Gasteiger partial charge on any atom is 0.247 e. The molecule has 0 saturated carbocycles. The zero-order chi connectivity index (χ0) is 20.9. The fourth-order valence-electron chi connectivity index (χ4n) is 2.66. The van der Waals surface area contributed by atoms with E-state index in [0.717, 1.165) is 26.5 Å². The molecule has 0 aromatic heterocycles. The predicted molar refractivity (Wildman–Crippen MR) is 108 cm³/mol. The Bertz CT molecular complexity index is 953. The van der Waals surface area contributed by atoms with Gasteiger partial charge in [-0.05, 0) is 42.8 Å². The predicted octanol–water partition coefficient (Wildman–Crippen LogP) is 3.48. The van der Waals surface area contributed by atoms with E-state index >= 15 is 0 Å². The van der Waals surface area contributed by atoms with E-state index < -0.39 is 28.3 Å². The van der Waals surface area contributed by atoms with Crippen LogP contribution in [0.5, 0.6) is 5.75 Å². The zero-order valence-corrected chi connectivity index (χ0v) is 18.2. The molecule has 28 heavy (non-hydrogen) atoms. The first kappa shape index (κ1) is 22.3. The maximum absolute atomic E-state index is 13.6. The number of carbonyl (C=O) groups is 1. The SMILES string of the molecule is CCN(CC(=O)N[C@@H](C)c1cccc(Br)c1)S(=O)(=O)c1cc(F)ccc1OC. The fraction of sp³-hybridized carbons (Fsp3) is 0.316. The number of benzene rings is 2. The Labute approximate surface area is 172 Å². The Morgan fingerprint density at radius 1 is 1.29 bits per heavy atom. The highest BCUT2D eigenvalue weighted by molar-refractivity contribution is 9.10. The minimum Gasteiger partial charge on any atom is -0.495 e. The number of rotatable bonds is 8.